The van der Waals surface area contributed by atoms with Gasteiger partial charge in [0.25, 0.3) is 5.91 Å². The smallest absolute Gasteiger partial charge is 0.257 e. The Morgan fingerprint density at radius 2 is 2.04 bits per heavy atom. The van der Waals surface area contributed by atoms with Gasteiger partial charge in [-0.05, 0) is 37.3 Å². The number of carbonyl (C=O) groups is 1. The number of para-hydroxylation sites is 2. The zero-order chi connectivity index (χ0) is 16.5. The highest BCUT2D eigenvalue weighted by atomic mass is 16.5. The summed E-state index contributed by atoms with van der Waals surface area (Å²) in [6, 6.07) is 7.18. The Labute approximate surface area is 136 Å². The van der Waals surface area contributed by atoms with Crippen LogP contribution < -0.4 is 14.8 Å². The van der Waals surface area contributed by atoms with E-state index in [0.717, 1.165) is 12.8 Å². The van der Waals surface area contributed by atoms with Gasteiger partial charge in [-0.25, -0.2) is 0 Å². The van der Waals surface area contributed by atoms with E-state index in [0.29, 0.717) is 37.7 Å². The predicted octanol–water partition coefficient (Wildman–Crippen LogP) is 1.37. The Balaban J connectivity index is 1.65. The molecule has 6 nitrogen and oxygen atoms in total. The Morgan fingerprint density at radius 3 is 2.74 bits per heavy atom. The summed E-state index contributed by atoms with van der Waals surface area (Å²) in [5.41, 5.74) is 0. The molecule has 1 amide bonds. The highest BCUT2D eigenvalue weighted by Crippen LogP contribution is 2.25. The second kappa shape index (κ2) is 9.37. The van der Waals surface area contributed by atoms with Crippen LogP contribution in [0.25, 0.3) is 0 Å². The maximum absolute atomic E-state index is 11.8. The second-order valence-electron chi connectivity index (χ2n) is 5.60. The summed E-state index contributed by atoms with van der Waals surface area (Å²) in [5, 5.41) is 12.9. The van der Waals surface area contributed by atoms with Crippen molar-refractivity contribution >= 4 is 5.91 Å². The fourth-order valence-electron chi connectivity index (χ4n) is 2.63. The average molecular weight is 323 g/mol. The Morgan fingerprint density at radius 1 is 1.35 bits per heavy atom. The van der Waals surface area contributed by atoms with Crippen LogP contribution in [0.3, 0.4) is 0 Å². The minimum Gasteiger partial charge on any atom is -0.493 e. The fraction of sp³-hybridized carbons (Fsp3) is 0.588. The number of aliphatic hydroxyl groups is 1. The van der Waals surface area contributed by atoms with E-state index in [4.69, 9.17) is 14.2 Å². The van der Waals surface area contributed by atoms with E-state index >= 15 is 0 Å². The molecule has 128 valence electrons. The molecule has 1 fully saturated rings. The number of hydrogen-bond donors (Lipinski definition) is 2. The van der Waals surface area contributed by atoms with Crippen molar-refractivity contribution < 1.29 is 24.1 Å². The summed E-state index contributed by atoms with van der Waals surface area (Å²) in [6.45, 7) is 1.78. The lowest BCUT2D eigenvalue weighted by Gasteiger charge is -2.26. The van der Waals surface area contributed by atoms with Crippen molar-refractivity contribution in [3.63, 3.8) is 0 Å². The summed E-state index contributed by atoms with van der Waals surface area (Å²) >= 11 is 0. The van der Waals surface area contributed by atoms with Gasteiger partial charge in [-0.15, -0.1) is 0 Å². The van der Waals surface area contributed by atoms with E-state index in [2.05, 4.69) is 5.32 Å². The molecule has 0 saturated carbocycles. The molecule has 2 rings (SSSR count). The van der Waals surface area contributed by atoms with Gasteiger partial charge in [-0.1, -0.05) is 12.1 Å². The molecule has 1 aliphatic heterocycles. The van der Waals surface area contributed by atoms with Crippen LogP contribution in [-0.4, -0.2) is 50.6 Å². The van der Waals surface area contributed by atoms with Crippen molar-refractivity contribution in [3.8, 4) is 11.5 Å². The van der Waals surface area contributed by atoms with Gasteiger partial charge in [0.15, 0.2) is 18.1 Å². The van der Waals surface area contributed by atoms with Crippen molar-refractivity contribution in [1.82, 2.24) is 5.32 Å². The van der Waals surface area contributed by atoms with Crippen LogP contribution in [-0.2, 0) is 9.53 Å². The third-order valence-corrected chi connectivity index (χ3v) is 4.00. The molecule has 0 aromatic heterocycles. The van der Waals surface area contributed by atoms with Crippen LogP contribution in [0.2, 0.25) is 0 Å². The van der Waals surface area contributed by atoms with E-state index in [1.165, 1.54) is 0 Å². The molecule has 1 aromatic carbocycles. The number of benzene rings is 1. The van der Waals surface area contributed by atoms with Gasteiger partial charge in [0, 0.05) is 19.8 Å². The minimum atomic E-state index is -0.394. The SMILES string of the molecule is COc1ccccc1OCC(=O)NCC[C@H](O)C1CCOCC1. The van der Waals surface area contributed by atoms with E-state index in [-0.39, 0.29) is 18.4 Å². The molecule has 0 aliphatic carbocycles. The van der Waals surface area contributed by atoms with Gasteiger partial charge in [-0.2, -0.15) is 0 Å². The number of methoxy groups -OCH3 is 1. The first kappa shape index (κ1) is 17.6. The van der Waals surface area contributed by atoms with Crippen molar-refractivity contribution in [1.29, 1.82) is 0 Å². The lowest BCUT2D eigenvalue weighted by Crippen LogP contribution is -2.34. The standard InChI is InChI=1S/C17H25NO5/c1-21-15-4-2-3-5-16(15)23-12-17(20)18-9-6-14(19)13-7-10-22-11-8-13/h2-5,13-14,19H,6-12H2,1H3,(H,18,20)/t14-/m0/s1. The molecular weight excluding hydrogens is 298 g/mol. The molecule has 0 radical (unpaired) electrons. The molecule has 0 spiro atoms. The Hall–Kier alpha value is -1.79. The summed E-state index contributed by atoms with van der Waals surface area (Å²) in [7, 11) is 1.56. The van der Waals surface area contributed by atoms with Gasteiger partial charge in [0.1, 0.15) is 0 Å². The highest BCUT2D eigenvalue weighted by molar-refractivity contribution is 5.77. The van der Waals surface area contributed by atoms with Crippen LogP contribution in [0.15, 0.2) is 24.3 Å². The number of amides is 1. The maximum Gasteiger partial charge on any atom is 0.257 e. The molecule has 0 bridgehead atoms. The molecule has 1 aromatic rings. The first-order chi connectivity index (χ1) is 11.2. The van der Waals surface area contributed by atoms with Crippen molar-refractivity contribution in [3.05, 3.63) is 24.3 Å². The zero-order valence-electron chi connectivity index (χ0n) is 13.5. The van der Waals surface area contributed by atoms with Gasteiger partial charge in [0.2, 0.25) is 0 Å². The lowest BCUT2D eigenvalue weighted by molar-refractivity contribution is -0.123. The van der Waals surface area contributed by atoms with Crippen LogP contribution in [0, 0.1) is 5.92 Å². The number of nitrogens with one attached hydrogen (secondary N) is 1. The van der Waals surface area contributed by atoms with E-state index in [1.54, 1.807) is 19.2 Å². The molecule has 0 unspecified atom stereocenters. The average Bonchev–Trinajstić information content (AvgIpc) is 2.60. The number of aliphatic hydroxyl groups excluding tert-OH is 1. The van der Waals surface area contributed by atoms with Crippen LogP contribution in [0.4, 0.5) is 0 Å². The molecule has 6 heteroatoms. The first-order valence-electron chi connectivity index (χ1n) is 7.99. The largest absolute Gasteiger partial charge is 0.493 e. The number of carbonyl (C=O) groups excluding carboxylic acids is 1. The van der Waals surface area contributed by atoms with Gasteiger partial charge in [0.05, 0.1) is 13.2 Å². The van der Waals surface area contributed by atoms with E-state index in [1.807, 2.05) is 12.1 Å². The molecule has 2 N–H and O–H groups in total. The van der Waals surface area contributed by atoms with Crippen molar-refractivity contribution in [2.45, 2.75) is 25.4 Å². The number of ether oxygens (including phenoxy) is 3. The zero-order valence-corrected chi connectivity index (χ0v) is 13.5. The monoisotopic (exact) mass is 323 g/mol. The highest BCUT2D eigenvalue weighted by Gasteiger charge is 2.21. The van der Waals surface area contributed by atoms with Gasteiger partial charge in [-0.3, -0.25) is 4.79 Å². The Kier molecular flexibility index (Phi) is 7.16. The third-order valence-electron chi connectivity index (χ3n) is 4.00. The topological polar surface area (TPSA) is 77.0 Å². The molecule has 1 aliphatic rings. The summed E-state index contributed by atoms with van der Waals surface area (Å²) < 4.78 is 15.9. The quantitative estimate of drug-likeness (QED) is 0.755. The van der Waals surface area contributed by atoms with Crippen LogP contribution in [0.1, 0.15) is 19.3 Å². The van der Waals surface area contributed by atoms with E-state index in [9.17, 15) is 9.90 Å². The molecule has 1 saturated heterocycles. The lowest BCUT2D eigenvalue weighted by atomic mass is 9.92. The van der Waals surface area contributed by atoms with Crippen molar-refractivity contribution in [2.24, 2.45) is 5.92 Å². The first-order valence-corrected chi connectivity index (χ1v) is 7.99. The molecule has 23 heavy (non-hydrogen) atoms. The summed E-state index contributed by atoms with van der Waals surface area (Å²) in [6.07, 6.45) is 1.91. The van der Waals surface area contributed by atoms with Gasteiger partial charge >= 0.3 is 0 Å². The third kappa shape index (κ3) is 5.73. The molecular formula is C17H25NO5. The molecule has 1 atom stereocenters. The number of rotatable bonds is 8. The Bertz CT molecular complexity index is 488. The van der Waals surface area contributed by atoms with Crippen molar-refractivity contribution in [2.75, 3.05) is 33.5 Å². The maximum atomic E-state index is 11.8. The normalized spacial score (nSPS) is 16.6. The number of hydrogen-bond acceptors (Lipinski definition) is 5. The van der Waals surface area contributed by atoms with Gasteiger partial charge < -0.3 is 24.6 Å². The minimum absolute atomic E-state index is 0.0757. The predicted molar refractivity (Wildman–Crippen MR) is 85.7 cm³/mol. The van der Waals surface area contributed by atoms with Crippen LogP contribution in [0.5, 0.6) is 11.5 Å². The fourth-order valence-corrected chi connectivity index (χ4v) is 2.63. The summed E-state index contributed by atoms with van der Waals surface area (Å²) in [4.78, 5) is 11.8. The molecule has 1 heterocycles. The van der Waals surface area contributed by atoms with E-state index < -0.39 is 6.10 Å². The van der Waals surface area contributed by atoms with Crippen LogP contribution >= 0.6 is 0 Å². The summed E-state index contributed by atoms with van der Waals surface area (Å²) in [5.74, 6) is 1.18. The second-order valence-corrected chi connectivity index (χ2v) is 5.60.